The number of carbonyl (C=O) groups is 1. The molecule has 1 aromatic heterocycles. The fourth-order valence-electron chi connectivity index (χ4n) is 2.73. The van der Waals surface area contributed by atoms with Gasteiger partial charge in [-0.05, 0) is 24.5 Å². The molecule has 0 saturated heterocycles. The molecule has 3 rings (SSSR count). The van der Waals surface area contributed by atoms with Gasteiger partial charge in [-0.2, -0.15) is 0 Å². The van der Waals surface area contributed by atoms with Crippen LogP contribution in [0.4, 0.5) is 5.13 Å². The number of thiazole rings is 1. The van der Waals surface area contributed by atoms with E-state index in [9.17, 15) is 4.79 Å². The molecule has 1 aliphatic rings. The molecule has 0 radical (unpaired) electrons. The van der Waals surface area contributed by atoms with Crippen LogP contribution in [0.5, 0.6) is 0 Å². The van der Waals surface area contributed by atoms with Crippen molar-refractivity contribution >= 4 is 34.0 Å². The number of hydrogen-bond donors (Lipinski definition) is 2. The number of nitrogens with zero attached hydrogens (tertiary/aromatic N) is 1. The number of carbonyl (C=O) groups excluding carboxylic acids is 1. The average Bonchev–Trinajstić information content (AvgIpc) is 3.12. The number of rotatable bonds is 4. The molecule has 2 aromatic rings. The Labute approximate surface area is 138 Å². The van der Waals surface area contributed by atoms with E-state index in [1.54, 1.807) is 6.20 Å². The van der Waals surface area contributed by atoms with Crippen molar-refractivity contribution < 1.29 is 4.79 Å². The molecular weight excluding hydrogens is 318 g/mol. The predicted molar refractivity (Wildman–Crippen MR) is 90.4 cm³/mol. The van der Waals surface area contributed by atoms with E-state index in [-0.39, 0.29) is 5.91 Å². The highest BCUT2D eigenvalue weighted by molar-refractivity contribution is 7.15. The lowest BCUT2D eigenvalue weighted by atomic mass is 9.98. The third kappa shape index (κ3) is 3.32. The molecule has 0 spiro atoms. The Morgan fingerprint density at radius 2 is 2.09 bits per heavy atom. The highest BCUT2D eigenvalue weighted by Gasteiger charge is 2.37. The average molecular weight is 336 g/mol. The maximum absolute atomic E-state index is 12.3. The summed E-state index contributed by atoms with van der Waals surface area (Å²) >= 11 is 7.63. The van der Waals surface area contributed by atoms with Crippen LogP contribution in [0, 0.1) is 0 Å². The molecule has 1 aliphatic carbocycles. The van der Waals surface area contributed by atoms with Gasteiger partial charge in [0.25, 0.3) is 0 Å². The molecule has 0 unspecified atom stereocenters. The summed E-state index contributed by atoms with van der Waals surface area (Å²) < 4.78 is 0. The van der Waals surface area contributed by atoms with Gasteiger partial charge in [-0.3, -0.25) is 4.79 Å². The lowest BCUT2D eigenvalue weighted by molar-refractivity contribution is -0.121. The maximum atomic E-state index is 12.3. The van der Waals surface area contributed by atoms with Crippen molar-refractivity contribution in [2.75, 3.05) is 5.32 Å². The molecule has 1 fully saturated rings. The number of aromatic nitrogens is 1. The van der Waals surface area contributed by atoms with Gasteiger partial charge in [0, 0.05) is 22.5 Å². The van der Waals surface area contributed by atoms with Crippen molar-refractivity contribution in [2.45, 2.75) is 37.6 Å². The summed E-state index contributed by atoms with van der Waals surface area (Å²) in [5, 5.41) is 4.20. The summed E-state index contributed by atoms with van der Waals surface area (Å²) in [4.78, 5) is 17.6. The summed E-state index contributed by atoms with van der Waals surface area (Å²) in [6.07, 6.45) is 6.01. The Morgan fingerprint density at radius 1 is 1.36 bits per heavy atom. The smallest absolute Gasteiger partial charge is 0.246 e. The first-order valence-corrected chi connectivity index (χ1v) is 8.55. The van der Waals surface area contributed by atoms with Crippen LogP contribution in [0.15, 0.2) is 30.5 Å². The van der Waals surface area contributed by atoms with Gasteiger partial charge in [0.05, 0.1) is 5.54 Å². The molecule has 116 valence electrons. The van der Waals surface area contributed by atoms with Crippen LogP contribution in [0.1, 0.15) is 36.1 Å². The lowest BCUT2D eigenvalue weighted by Gasteiger charge is -2.21. The molecule has 0 aliphatic heterocycles. The van der Waals surface area contributed by atoms with Gasteiger partial charge < -0.3 is 11.1 Å². The SMILES string of the molecule is NC1(C(=O)Nc2ncc(Cc3ccccc3Cl)s2)CCCC1. The van der Waals surface area contributed by atoms with Crippen LogP contribution in [0.2, 0.25) is 5.02 Å². The number of hydrogen-bond acceptors (Lipinski definition) is 4. The van der Waals surface area contributed by atoms with Crippen LogP contribution >= 0.6 is 22.9 Å². The third-order valence-corrected chi connectivity index (χ3v) is 5.33. The fourth-order valence-corrected chi connectivity index (χ4v) is 3.76. The van der Waals surface area contributed by atoms with Crippen molar-refractivity contribution in [1.82, 2.24) is 4.98 Å². The van der Waals surface area contributed by atoms with Crippen LogP contribution in [0.3, 0.4) is 0 Å². The van der Waals surface area contributed by atoms with E-state index in [0.717, 1.165) is 41.1 Å². The summed E-state index contributed by atoms with van der Waals surface area (Å²) in [5.41, 5.74) is 6.47. The van der Waals surface area contributed by atoms with Gasteiger partial charge >= 0.3 is 0 Å². The number of benzene rings is 1. The molecule has 1 aromatic carbocycles. The maximum Gasteiger partial charge on any atom is 0.246 e. The van der Waals surface area contributed by atoms with Crippen LogP contribution in [-0.4, -0.2) is 16.4 Å². The lowest BCUT2D eigenvalue weighted by Crippen LogP contribution is -2.48. The predicted octanol–water partition coefficient (Wildman–Crippen LogP) is 3.60. The van der Waals surface area contributed by atoms with Gasteiger partial charge in [-0.15, -0.1) is 11.3 Å². The second kappa shape index (κ2) is 6.36. The van der Waals surface area contributed by atoms with Crippen LogP contribution in [-0.2, 0) is 11.2 Å². The van der Waals surface area contributed by atoms with Crippen LogP contribution in [0.25, 0.3) is 0 Å². The van der Waals surface area contributed by atoms with Gasteiger partial charge in [-0.1, -0.05) is 42.6 Å². The monoisotopic (exact) mass is 335 g/mol. The quantitative estimate of drug-likeness (QED) is 0.897. The van der Waals surface area contributed by atoms with E-state index < -0.39 is 5.54 Å². The zero-order chi connectivity index (χ0) is 15.6. The minimum Gasteiger partial charge on any atom is -0.317 e. The number of nitrogens with two attached hydrogens (primary N) is 1. The topological polar surface area (TPSA) is 68.0 Å². The zero-order valence-electron chi connectivity index (χ0n) is 12.1. The Bertz CT molecular complexity index is 680. The number of nitrogens with one attached hydrogen (secondary N) is 1. The second-order valence-corrected chi connectivity index (χ2v) is 7.24. The second-order valence-electron chi connectivity index (χ2n) is 5.72. The normalized spacial score (nSPS) is 16.6. The number of halogens is 1. The third-order valence-electron chi connectivity index (χ3n) is 4.04. The molecular formula is C16H18ClN3OS. The molecule has 3 N–H and O–H groups in total. The standard InChI is InChI=1S/C16H18ClN3OS/c17-13-6-2-1-5-11(13)9-12-10-19-15(22-12)20-14(21)16(18)7-3-4-8-16/h1-2,5-6,10H,3-4,7-9,18H2,(H,19,20,21). The molecule has 1 saturated carbocycles. The van der Waals surface area contributed by atoms with E-state index in [2.05, 4.69) is 10.3 Å². The van der Waals surface area contributed by atoms with Gasteiger partial charge in [0.2, 0.25) is 5.91 Å². The first kappa shape index (κ1) is 15.5. The zero-order valence-corrected chi connectivity index (χ0v) is 13.7. The number of anilines is 1. The van der Waals surface area contributed by atoms with E-state index in [4.69, 9.17) is 17.3 Å². The molecule has 0 atom stereocenters. The van der Waals surface area contributed by atoms with Crippen molar-refractivity contribution in [1.29, 1.82) is 0 Å². The largest absolute Gasteiger partial charge is 0.317 e. The van der Waals surface area contributed by atoms with E-state index >= 15 is 0 Å². The fraction of sp³-hybridized carbons (Fsp3) is 0.375. The summed E-state index contributed by atoms with van der Waals surface area (Å²) in [5.74, 6) is -0.122. The molecule has 0 bridgehead atoms. The first-order chi connectivity index (χ1) is 10.6. The Balaban J connectivity index is 1.66. The van der Waals surface area contributed by atoms with Crippen molar-refractivity contribution in [3.63, 3.8) is 0 Å². The van der Waals surface area contributed by atoms with Crippen molar-refractivity contribution in [3.05, 3.63) is 45.9 Å². The van der Waals surface area contributed by atoms with E-state index in [0.29, 0.717) is 11.6 Å². The van der Waals surface area contributed by atoms with Crippen molar-refractivity contribution in [3.8, 4) is 0 Å². The molecule has 1 amide bonds. The highest BCUT2D eigenvalue weighted by Crippen LogP contribution is 2.30. The Kier molecular flexibility index (Phi) is 4.47. The summed E-state index contributed by atoms with van der Waals surface area (Å²) in [7, 11) is 0. The minimum absolute atomic E-state index is 0.122. The molecule has 22 heavy (non-hydrogen) atoms. The van der Waals surface area contributed by atoms with Crippen molar-refractivity contribution in [2.24, 2.45) is 5.73 Å². The minimum atomic E-state index is -0.728. The van der Waals surface area contributed by atoms with Gasteiger partial charge in [0.15, 0.2) is 5.13 Å². The van der Waals surface area contributed by atoms with Gasteiger partial charge in [0.1, 0.15) is 0 Å². The highest BCUT2D eigenvalue weighted by atomic mass is 35.5. The summed E-state index contributed by atoms with van der Waals surface area (Å²) in [6, 6.07) is 7.74. The first-order valence-electron chi connectivity index (χ1n) is 7.35. The molecule has 4 nitrogen and oxygen atoms in total. The van der Waals surface area contributed by atoms with Gasteiger partial charge in [-0.25, -0.2) is 4.98 Å². The van der Waals surface area contributed by atoms with E-state index in [1.807, 2.05) is 24.3 Å². The van der Waals surface area contributed by atoms with E-state index in [1.165, 1.54) is 11.3 Å². The molecule has 6 heteroatoms. The summed E-state index contributed by atoms with van der Waals surface area (Å²) in [6.45, 7) is 0. The Hall–Kier alpha value is -1.43. The van der Waals surface area contributed by atoms with Crippen LogP contribution < -0.4 is 11.1 Å². The molecule has 1 heterocycles. The number of amides is 1. The Morgan fingerprint density at radius 3 is 2.82 bits per heavy atom.